The van der Waals surface area contributed by atoms with Crippen LogP contribution >= 0.6 is 0 Å². The van der Waals surface area contributed by atoms with Gasteiger partial charge in [-0.15, -0.1) is 0 Å². The summed E-state index contributed by atoms with van der Waals surface area (Å²) < 4.78 is 5.09. The molecule has 2 aromatic carbocycles. The number of hydrogen-bond acceptors (Lipinski definition) is 3. The minimum atomic E-state index is -0.483. The van der Waals surface area contributed by atoms with Crippen LogP contribution in [0.25, 0.3) is 0 Å². The Hall–Kier alpha value is -2.49. The van der Waals surface area contributed by atoms with Crippen LogP contribution in [0.2, 0.25) is 0 Å². The Bertz CT molecular complexity index is 526. The summed E-state index contributed by atoms with van der Waals surface area (Å²) in [5.41, 5.74) is 7.25. The molecule has 0 bridgehead atoms. The predicted octanol–water partition coefficient (Wildman–Crippen LogP) is 2.56. The highest BCUT2D eigenvalue weighted by atomic mass is 16.5. The molecule has 0 aliphatic carbocycles. The van der Waals surface area contributed by atoms with Gasteiger partial charge in [-0.25, -0.2) is 4.79 Å². The van der Waals surface area contributed by atoms with E-state index in [1.807, 2.05) is 24.3 Å². The molecule has 2 rings (SSSR count). The maximum atomic E-state index is 11.5. The van der Waals surface area contributed by atoms with E-state index >= 15 is 0 Å². The number of ether oxygens (including phenoxy) is 1. The van der Waals surface area contributed by atoms with E-state index in [2.05, 4.69) is 5.32 Å². The van der Waals surface area contributed by atoms with Crippen molar-refractivity contribution in [1.82, 2.24) is 5.32 Å². The number of benzene rings is 2. The Morgan fingerprint density at radius 3 is 2.61 bits per heavy atom. The summed E-state index contributed by atoms with van der Waals surface area (Å²) in [6.07, 6.45) is -0.483. The van der Waals surface area contributed by atoms with Gasteiger partial charge in [0.05, 0.1) is 0 Å². The lowest BCUT2D eigenvalue weighted by Crippen LogP contribution is -2.26. The van der Waals surface area contributed by atoms with Crippen LogP contribution in [-0.2, 0) is 6.54 Å². The van der Waals surface area contributed by atoms with Crippen LogP contribution < -0.4 is 15.8 Å². The molecule has 1 amide bonds. The SMILES string of the molecule is Nc1cccc(CNC(=O)Oc2ccccc2)c1. The first-order valence-corrected chi connectivity index (χ1v) is 5.59. The minimum Gasteiger partial charge on any atom is -0.410 e. The monoisotopic (exact) mass is 242 g/mol. The molecule has 2 aromatic rings. The molecule has 4 heteroatoms. The molecule has 4 nitrogen and oxygen atoms in total. The zero-order chi connectivity index (χ0) is 12.8. The van der Waals surface area contributed by atoms with Crippen molar-refractivity contribution < 1.29 is 9.53 Å². The zero-order valence-electron chi connectivity index (χ0n) is 9.80. The number of para-hydroxylation sites is 1. The van der Waals surface area contributed by atoms with Gasteiger partial charge in [0, 0.05) is 12.2 Å². The average molecular weight is 242 g/mol. The quantitative estimate of drug-likeness (QED) is 0.813. The fourth-order valence-electron chi connectivity index (χ4n) is 1.51. The van der Waals surface area contributed by atoms with E-state index in [0.717, 1.165) is 5.56 Å². The van der Waals surface area contributed by atoms with Crippen molar-refractivity contribution in [2.24, 2.45) is 0 Å². The second-order valence-corrected chi connectivity index (χ2v) is 3.80. The number of rotatable bonds is 3. The molecule has 0 atom stereocenters. The third-order valence-electron chi connectivity index (χ3n) is 2.34. The maximum absolute atomic E-state index is 11.5. The molecule has 0 fully saturated rings. The van der Waals surface area contributed by atoms with Crippen LogP contribution in [0.5, 0.6) is 5.75 Å². The highest BCUT2D eigenvalue weighted by Crippen LogP contribution is 2.09. The van der Waals surface area contributed by atoms with Crippen molar-refractivity contribution in [1.29, 1.82) is 0 Å². The second-order valence-electron chi connectivity index (χ2n) is 3.80. The van der Waals surface area contributed by atoms with Gasteiger partial charge in [0.15, 0.2) is 0 Å². The summed E-state index contributed by atoms with van der Waals surface area (Å²) in [6.45, 7) is 0.386. The van der Waals surface area contributed by atoms with Gasteiger partial charge >= 0.3 is 6.09 Å². The Kier molecular flexibility index (Phi) is 3.81. The average Bonchev–Trinajstić information content (AvgIpc) is 2.38. The van der Waals surface area contributed by atoms with Gasteiger partial charge in [-0.2, -0.15) is 0 Å². The molecule has 0 saturated carbocycles. The molecule has 0 aliphatic rings. The molecule has 18 heavy (non-hydrogen) atoms. The van der Waals surface area contributed by atoms with E-state index in [1.165, 1.54) is 0 Å². The summed E-state index contributed by atoms with van der Waals surface area (Å²) >= 11 is 0. The van der Waals surface area contributed by atoms with E-state index in [0.29, 0.717) is 18.0 Å². The fraction of sp³-hybridized carbons (Fsp3) is 0.0714. The zero-order valence-corrected chi connectivity index (χ0v) is 9.80. The Morgan fingerprint density at radius 2 is 1.89 bits per heavy atom. The molecular formula is C14H14N2O2. The van der Waals surface area contributed by atoms with Gasteiger partial charge < -0.3 is 15.8 Å². The smallest absolute Gasteiger partial charge is 0.410 e. The number of carbonyl (C=O) groups is 1. The molecule has 92 valence electrons. The molecule has 0 unspecified atom stereocenters. The van der Waals surface area contributed by atoms with Gasteiger partial charge in [0.2, 0.25) is 0 Å². The number of nitrogen functional groups attached to an aromatic ring is 1. The van der Waals surface area contributed by atoms with E-state index in [-0.39, 0.29) is 0 Å². The molecule has 3 N–H and O–H groups in total. The van der Waals surface area contributed by atoms with Crippen LogP contribution in [0, 0.1) is 0 Å². The van der Waals surface area contributed by atoms with Gasteiger partial charge in [-0.05, 0) is 29.8 Å². The Balaban J connectivity index is 1.85. The van der Waals surface area contributed by atoms with Crippen LogP contribution in [0.3, 0.4) is 0 Å². The topological polar surface area (TPSA) is 64.3 Å². The first kappa shape index (κ1) is 12.0. The van der Waals surface area contributed by atoms with Gasteiger partial charge in [0.1, 0.15) is 5.75 Å². The Labute approximate surface area is 105 Å². The number of anilines is 1. The third-order valence-corrected chi connectivity index (χ3v) is 2.34. The van der Waals surface area contributed by atoms with Crippen molar-refractivity contribution in [2.75, 3.05) is 5.73 Å². The van der Waals surface area contributed by atoms with E-state index in [1.54, 1.807) is 30.3 Å². The molecule has 0 spiro atoms. The highest BCUT2D eigenvalue weighted by molar-refractivity contribution is 5.70. The summed E-state index contributed by atoms with van der Waals surface area (Å²) in [6, 6.07) is 16.3. The van der Waals surface area contributed by atoms with Gasteiger partial charge in [-0.1, -0.05) is 30.3 Å². The van der Waals surface area contributed by atoms with Crippen molar-refractivity contribution in [3.05, 3.63) is 60.2 Å². The predicted molar refractivity (Wildman–Crippen MR) is 70.2 cm³/mol. The summed E-state index contributed by atoms with van der Waals surface area (Å²) in [7, 11) is 0. The minimum absolute atomic E-state index is 0.386. The van der Waals surface area contributed by atoms with Crippen molar-refractivity contribution in [2.45, 2.75) is 6.54 Å². The van der Waals surface area contributed by atoms with Crippen molar-refractivity contribution >= 4 is 11.8 Å². The molecule has 0 aromatic heterocycles. The number of amides is 1. The van der Waals surface area contributed by atoms with E-state index in [9.17, 15) is 4.79 Å². The summed E-state index contributed by atoms with van der Waals surface area (Å²) in [5.74, 6) is 0.516. The van der Waals surface area contributed by atoms with Crippen LogP contribution in [0.1, 0.15) is 5.56 Å². The van der Waals surface area contributed by atoms with E-state index in [4.69, 9.17) is 10.5 Å². The molecule has 0 heterocycles. The first-order chi connectivity index (χ1) is 8.74. The van der Waals surface area contributed by atoms with Crippen molar-refractivity contribution in [3.63, 3.8) is 0 Å². The first-order valence-electron chi connectivity index (χ1n) is 5.59. The third kappa shape index (κ3) is 3.52. The number of carbonyl (C=O) groups excluding carboxylic acids is 1. The normalized spacial score (nSPS) is 9.78. The van der Waals surface area contributed by atoms with E-state index < -0.39 is 6.09 Å². The van der Waals surface area contributed by atoms with Gasteiger partial charge in [0.25, 0.3) is 0 Å². The van der Waals surface area contributed by atoms with Crippen LogP contribution in [0.4, 0.5) is 10.5 Å². The Morgan fingerprint density at radius 1 is 1.11 bits per heavy atom. The highest BCUT2D eigenvalue weighted by Gasteiger charge is 2.03. The lowest BCUT2D eigenvalue weighted by Gasteiger charge is -2.06. The van der Waals surface area contributed by atoms with Crippen LogP contribution in [-0.4, -0.2) is 6.09 Å². The fourth-order valence-corrected chi connectivity index (χ4v) is 1.51. The van der Waals surface area contributed by atoms with Crippen molar-refractivity contribution in [3.8, 4) is 5.75 Å². The lowest BCUT2D eigenvalue weighted by atomic mass is 10.2. The number of nitrogens with two attached hydrogens (primary N) is 1. The molecule has 0 aliphatic heterocycles. The number of hydrogen-bond donors (Lipinski definition) is 2. The standard InChI is InChI=1S/C14H14N2O2/c15-12-6-4-5-11(9-12)10-16-14(17)18-13-7-2-1-3-8-13/h1-9H,10,15H2,(H,16,17). The summed E-state index contributed by atoms with van der Waals surface area (Å²) in [4.78, 5) is 11.5. The maximum Gasteiger partial charge on any atom is 0.412 e. The molecule has 0 saturated heterocycles. The molecular weight excluding hydrogens is 228 g/mol. The second kappa shape index (κ2) is 5.72. The lowest BCUT2D eigenvalue weighted by molar-refractivity contribution is 0.200. The van der Waals surface area contributed by atoms with Crippen LogP contribution in [0.15, 0.2) is 54.6 Å². The van der Waals surface area contributed by atoms with Gasteiger partial charge in [-0.3, -0.25) is 0 Å². The number of nitrogens with one attached hydrogen (secondary N) is 1. The largest absolute Gasteiger partial charge is 0.412 e. The molecule has 0 radical (unpaired) electrons. The summed E-state index contributed by atoms with van der Waals surface area (Å²) in [5, 5.41) is 2.66.